The third-order valence-corrected chi connectivity index (χ3v) is 3.94. The molecule has 132 valence electrons. The van der Waals surface area contributed by atoms with Gasteiger partial charge in [-0.1, -0.05) is 24.6 Å². The molecule has 2 amide bonds. The zero-order chi connectivity index (χ0) is 18.5. The lowest BCUT2D eigenvalue weighted by Gasteiger charge is -2.09. The van der Waals surface area contributed by atoms with Crippen LogP contribution in [0.1, 0.15) is 38.9 Å². The fourth-order valence-electron chi connectivity index (χ4n) is 2.56. The number of hydrazine groups is 1. The number of aromatic nitrogens is 3. The zero-order valence-electron chi connectivity index (χ0n) is 14.6. The van der Waals surface area contributed by atoms with E-state index in [1.54, 1.807) is 23.0 Å². The Hall–Kier alpha value is -3.48. The standard InChI is InChI=1S/C19H19N5O2/c1-3-17-16(12-21-24(17)15-8-6-13(2)7-9-15)19(26)23-22-18(25)14-5-4-10-20-11-14/h4-12H,3H2,1-2H3,(H,22,25)(H,23,26). The molecule has 3 aromatic rings. The van der Waals surface area contributed by atoms with Gasteiger partial charge in [-0.05, 0) is 37.6 Å². The molecule has 3 rings (SSSR count). The van der Waals surface area contributed by atoms with E-state index < -0.39 is 11.8 Å². The van der Waals surface area contributed by atoms with Gasteiger partial charge in [-0.2, -0.15) is 5.10 Å². The summed E-state index contributed by atoms with van der Waals surface area (Å²) >= 11 is 0. The lowest BCUT2D eigenvalue weighted by Crippen LogP contribution is -2.41. The Morgan fingerprint density at radius 3 is 2.42 bits per heavy atom. The van der Waals surface area contributed by atoms with Gasteiger partial charge in [0, 0.05) is 12.4 Å². The molecule has 26 heavy (non-hydrogen) atoms. The molecule has 7 nitrogen and oxygen atoms in total. The molecule has 0 saturated carbocycles. The molecule has 0 aliphatic rings. The highest BCUT2D eigenvalue weighted by atomic mass is 16.2. The van der Waals surface area contributed by atoms with Crippen molar-refractivity contribution < 1.29 is 9.59 Å². The molecule has 2 N–H and O–H groups in total. The number of nitrogens with one attached hydrogen (secondary N) is 2. The van der Waals surface area contributed by atoms with Crippen LogP contribution in [0.25, 0.3) is 5.69 Å². The van der Waals surface area contributed by atoms with Gasteiger partial charge in [0.2, 0.25) is 0 Å². The molecule has 0 aliphatic heterocycles. The molecule has 1 aromatic carbocycles. The number of amides is 2. The molecule has 2 aromatic heterocycles. The van der Waals surface area contributed by atoms with Gasteiger partial charge < -0.3 is 0 Å². The van der Waals surface area contributed by atoms with Gasteiger partial charge in [0.1, 0.15) is 0 Å². The average molecular weight is 349 g/mol. The van der Waals surface area contributed by atoms with E-state index in [2.05, 4.69) is 20.9 Å². The maximum absolute atomic E-state index is 12.5. The Morgan fingerprint density at radius 1 is 1.04 bits per heavy atom. The number of rotatable bonds is 4. The normalized spacial score (nSPS) is 10.4. The van der Waals surface area contributed by atoms with E-state index in [4.69, 9.17) is 0 Å². The van der Waals surface area contributed by atoms with Crippen LogP contribution in [0.5, 0.6) is 0 Å². The average Bonchev–Trinajstić information content (AvgIpc) is 3.11. The van der Waals surface area contributed by atoms with E-state index in [-0.39, 0.29) is 0 Å². The van der Waals surface area contributed by atoms with Gasteiger partial charge in [-0.15, -0.1) is 0 Å². The predicted octanol–water partition coefficient (Wildman–Crippen LogP) is 2.21. The second-order valence-electron chi connectivity index (χ2n) is 5.76. The van der Waals surface area contributed by atoms with Crippen molar-refractivity contribution in [1.29, 1.82) is 0 Å². The van der Waals surface area contributed by atoms with Crippen molar-refractivity contribution in [3.8, 4) is 5.69 Å². The zero-order valence-corrected chi connectivity index (χ0v) is 14.6. The first-order valence-corrected chi connectivity index (χ1v) is 8.24. The van der Waals surface area contributed by atoms with Gasteiger partial charge >= 0.3 is 0 Å². The highest BCUT2D eigenvalue weighted by Gasteiger charge is 2.18. The van der Waals surface area contributed by atoms with E-state index >= 15 is 0 Å². The minimum Gasteiger partial charge on any atom is -0.267 e. The second kappa shape index (κ2) is 7.60. The first kappa shape index (κ1) is 17.3. The topological polar surface area (TPSA) is 88.9 Å². The molecule has 0 radical (unpaired) electrons. The van der Waals surface area contributed by atoms with Crippen molar-refractivity contribution in [1.82, 2.24) is 25.6 Å². The number of hydrogen-bond donors (Lipinski definition) is 2. The van der Waals surface area contributed by atoms with Crippen LogP contribution >= 0.6 is 0 Å². The third-order valence-electron chi connectivity index (χ3n) is 3.94. The number of carbonyl (C=O) groups excluding carboxylic acids is 2. The molecule has 0 unspecified atom stereocenters. The SMILES string of the molecule is CCc1c(C(=O)NNC(=O)c2cccnc2)cnn1-c1ccc(C)cc1. The number of aryl methyl sites for hydroxylation is 1. The highest BCUT2D eigenvalue weighted by molar-refractivity contribution is 5.99. The van der Waals surface area contributed by atoms with E-state index in [1.165, 1.54) is 12.4 Å². The van der Waals surface area contributed by atoms with E-state index in [0.717, 1.165) is 16.9 Å². The van der Waals surface area contributed by atoms with Crippen LogP contribution in [0, 0.1) is 6.92 Å². The summed E-state index contributed by atoms with van der Waals surface area (Å²) in [5, 5.41) is 4.33. The first-order valence-electron chi connectivity index (χ1n) is 8.24. The Labute approximate surface area is 151 Å². The number of nitrogens with zero attached hydrogens (tertiary/aromatic N) is 3. The van der Waals surface area contributed by atoms with Crippen molar-refractivity contribution >= 4 is 11.8 Å². The van der Waals surface area contributed by atoms with Crippen molar-refractivity contribution in [3.63, 3.8) is 0 Å². The fraction of sp³-hybridized carbons (Fsp3) is 0.158. The van der Waals surface area contributed by atoms with Crippen LogP contribution in [-0.4, -0.2) is 26.6 Å². The molecule has 0 spiro atoms. The van der Waals surface area contributed by atoms with Crippen LogP contribution in [0.3, 0.4) is 0 Å². The Balaban J connectivity index is 1.75. The number of pyridine rings is 1. The fourth-order valence-corrected chi connectivity index (χ4v) is 2.56. The van der Waals surface area contributed by atoms with Gasteiger partial charge in [0.05, 0.1) is 28.7 Å². The minimum absolute atomic E-state index is 0.360. The van der Waals surface area contributed by atoms with E-state index in [1.807, 2.05) is 38.1 Å². The lowest BCUT2D eigenvalue weighted by atomic mass is 10.2. The summed E-state index contributed by atoms with van der Waals surface area (Å²) in [5.74, 6) is -0.854. The van der Waals surface area contributed by atoms with Crippen molar-refractivity contribution in [2.24, 2.45) is 0 Å². The number of carbonyl (C=O) groups is 2. The smallest absolute Gasteiger partial charge is 0.267 e. The minimum atomic E-state index is -0.435. The maximum Gasteiger partial charge on any atom is 0.273 e. The monoisotopic (exact) mass is 349 g/mol. The van der Waals surface area contributed by atoms with Crippen molar-refractivity contribution in [2.75, 3.05) is 0 Å². The quantitative estimate of drug-likeness (QED) is 0.707. The summed E-state index contributed by atoms with van der Waals surface area (Å²) in [7, 11) is 0. The molecular weight excluding hydrogens is 330 g/mol. The van der Waals surface area contributed by atoms with E-state index in [0.29, 0.717) is 17.5 Å². The van der Waals surface area contributed by atoms with Gasteiger partial charge in [-0.25, -0.2) is 4.68 Å². The van der Waals surface area contributed by atoms with Crippen LogP contribution < -0.4 is 10.9 Å². The summed E-state index contributed by atoms with van der Waals surface area (Å²) < 4.78 is 1.73. The molecule has 0 bridgehead atoms. The Kier molecular flexibility index (Phi) is 5.07. The lowest BCUT2D eigenvalue weighted by molar-refractivity contribution is 0.0846. The first-order chi connectivity index (χ1) is 12.6. The predicted molar refractivity (Wildman–Crippen MR) is 96.8 cm³/mol. The van der Waals surface area contributed by atoms with Crippen molar-refractivity contribution in [2.45, 2.75) is 20.3 Å². The summed E-state index contributed by atoms with van der Waals surface area (Å²) in [4.78, 5) is 28.3. The van der Waals surface area contributed by atoms with Crippen LogP contribution in [0.2, 0.25) is 0 Å². The molecule has 2 heterocycles. The Bertz CT molecular complexity index is 917. The summed E-state index contributed by atoms with van der Waals surface area (Å²) in [6, 6.07) is 11.1. The van der Waals surface area contributed by atoms with Crippen LogP contribution in [-0.2, 0) is 6.42 Å². The molecule has 0 atom stereocenters. The molecule has 7 heteroatoms. The highest BCUT2D eigenvalue weighted by Crippen LogP contribution is 2.16. The molecular formula is C19H19N5O2. The van der Waals surface area contributed by atoms with Gasteiger partial charge in [0.15, 0.2) is 0 Å². The van der Waals surface area contributed by atoms with Crippen molar-refractivity contribution in [3.05, 3.63) is 77.4 Å². The van der Waals surface area contributed by atoms with Gasteiger partial charge in [0.25, 0.3) is 11.8 Å². The van der Waals surface area contributed by atoms with Crippen LogP contribution in [0.4, 0.5) is 0 Å². The van der Waals surface area contributed by atoms with Gasteiger partial charge in [-0.3, -0.25) is 25.4 Å². The molecule has 0 saturated heterocycles. The summed E-state index contributed by atoms with van der Waals surface area (Å²) in [6.07, 6.45) is 5.12. The largest absolute Gasteiger partial charge is 0.273 e. The summed E-state index contributed by atoms with van der Waals surface area (Å²) in [5.41, 5.74) is 8.39. The molecule has 0 aliphatic carbocycles. The van der Waals surface area contributed by atoms with Crippen LogP contribution in [0.15, 0.2) is 55.0 Å². The second-order valence-corrected chi connectivity index (χ2v) is 5.76. The summed E-state index contributed by atoms with van der Waals surface area (Å²) in [6.45, 7) is 3.96. The van der Waals surface area contributed by atoms with E-state index in [9.17, 15) is 9.59 Å². The Morgan fingerprint density at radius 2 is 1.77 bits per heavy atom. The third kappa shape index (κ3) is 3.61. The number of benzene rings is 1. The maximum atomic E-state index is 12.5. The number of hydrogen-bond acceptors (Lipinski definition) is 4. The molecule has 0 fully saturated rings.